The Morgan fingerprint density at radius 1 is 1.17 bits per heavy atom. The van der Waals surface area contributed by atoms with Crippen LogP contribution in [0.4, 0.5) is 0 Å². The molecule has 0 amide bonds. The van der Waals surface area contributed by atoms with Gasteiger partial charge in [0.25, 0.3) is 0 Å². The molecule has 18 heavy (non-hydrogen) atoms. The van der Waals surface area contributed by atoms with E-state index in [-0.39, 0.29) is 6.42 Å². The first-order valence-electron chi connectivity index (χ1n) is 5.38. The number of ether oxygens (including phenoxy) is 1. The van der Waals surface area contributed by atoms with Gasteiger partial charge >= 0.3 is 5.97 Å². The minimum atomic E-state index is -0.892. The summed E-state index contributed by atoms with van der Waals surface area (Å²) < 4.78 is 5.64. The fourth-order valence-corrected chi connectivity index (χ4v) is 1.75. The molecule has 0 aliphatic rings. The summed E-state index contributed by atoms with van der Waals surface area (Å²) in [7, 11) is 0. The van der Waals surface area contributed by atoms with Crippen molar-refractivity contribution in [2.45, 2.75) is 6.42 Å². The van der Waals surface area contributed by atoms with Gasteiger partial charge in [0, 0.05) is 10.6 Å². The molecule has 3 nitrogen and oxygen atoms in total. The lowest BCUT2D eigenvalue weighted by atomic mass is 10.1. The van der Waals surface area contributed by atoms with Crippen molar-refractivity contribution in [1.82, 2.24) is 0 Å². The lowest BCUT2D eigenvalue weighted by Gasteiger charge is -2.09. The van der Waals surface area contributed by atoms with Gasteiger partial charge in [0.2, 0.25) is 0 Å². The van der Waals surface area contributed by atoms with Gasteiger partial charge in [0.15, 0.2) is 0 Å². The standard InChI is InChI=1S/C14H11ClO3/c15-11-5-3-6-12(9-11)18-13-7-2-1-4-10(13)8-14(16)17/h1-7,9H,8H2,(H,16,17). The van der Waals surface area contributed by atoms with Crippen LogP contribution in [0.2, 0.25) is 5.02 Å². The molecule has 1 N–H and O–H groups in total. The van der Waals surface area contributed by atoms with Gasteiger partial charge in [-0.25, -0.2) is 0 Å². The summed E-state index contributed by atoms with van der Waals surface area (Å²) in [5.74, 6) is 0.222. The van der Waals surface area contributed by atoms with Crippen LogP contribution < -0.4 is 4.74 Å². The van der Waals surface area contributed by atoms with E-state index >= 15 is 0 Å². The highest BCUT2D eigenvalue weighted by atomic mass is 35.5. The van der Waals surface area contributed by atoms with Crippen molar-refractivity contribution in [3.8, 4) is 11.5 Å². The van der Waals surface area contributed by atoms with Gasteiger partial charge < -0.3 is 9.84 Å². The van der Waals surface area contributed by atoms with Crippen LogP contribution in [-0.4, -0.2) is 11.1 Å². The topological polar surface area (TPSA) is 46.5 Å². The fourth-order valence-electron chi connectivity index (χ4n) is 1.57. The Morgan fingerprint density at radius 2 is 1.94 bits per heavy atom. The van der Waals surface area contributed by atoms with Crippen LogP contribution in [0, 0.1) is 0 Å². The number of hydrogen-bond acceptors (Lipinski definition) is 2. The summed E-state index contributed by atoms with van der Waals surface area (Å²) in [5.41, 5.74) is 0.630. The van der Waals surface area contributed by atoms with Gasteiger partial charge in [-0.2, -0.15) is 0 Å². The van der Waals surface area contributed by atoms with Crippen LogP contribution in [0.15, 0.2) is 48.5 Å². The molecule has 0 radical (unpaired) electrons. The number of benzene rings is 2. The van der Waals surface area contributed by atoms with Gasteiger partial charge in [0.05, 0.1) is 6.42 Å². The molecule has 4 heteroatoms. The van der Waals surface area contributed by atoms with Gasteiger partial charge in [-0.3, -0.25) is 4.79 Å². The van der Waals surface area contributed by atoms with E-state index in [9.17, 15) is 4.79 Å². The van der Waals surface area contributed by atoms with Gasteiger partial charge in [-0.15, -0.1) is 0 Å². The maximum atomic E-state index is 10.8. The lowest BCUT2D eigenvalue weighted by molar-refractivity contribution is -0.136. The van der Waals surface area contributed by atoms with Crippen molar-refractivity contribution in [3.63, 3.8) is 0 Å². The molecule has 0 fully saturated rings. The molecule has 0 spiro atoms. The van der Waals surface area contributed by atoms with Gasteiger partial charge in [-0.05, 0) is 24.3 Å². The summed E-state index contributed by atoms with van der Waals surface area (Å²) in [6, 6.07) is 14.0. The Bertz CT molecular complexity index is 566. The van der Waals surface area contributed by atoms with E-state index in [0.29, 0.717) is 22.1 Å². The molecule has 0 aromatic heterocycles. The van der Waals surface area contributed by atoms with Crippen LogP contribution in [0.5, 0.6) is 11.5 Å². The molecule has 0 aliphatic carbocycles. The normalized spacial score (nSPS) is 10.1. The predicted molar refractivity (Wildman–Crippen MR) is 69.3 cm³/mol. The molecule has 2 aromatic carbocycles. The monoisotopic (exact) mass is 262 g/mol. The number of carboxylic acid groups (broad SMARTS) is 1. The fraction of sp³-hybridized carbons (Fsp3) is 0.0714. The Kier molecular flexibility index (Phi) is 3.85. The second kappa shape index (κ2) is 5.56. The number of carboxylic acids is 1. The van der Waals surface area contributed by atoms with E-state index in [0.717, 1.165) is 0 Å². The van der Waals surface area contributed by atoms with E-state index in [1.807, 2.05) is 0 Å². The van der Waals surface area contributed by atoms with Crippen LogP contribution in [0.1, 0.15) is 5.56 Å². The predicted octanol–water partition coefficient (Wildman–Crippen LogP) is 3.76. The molecule has 0 saturated heterocycles. The number of halogens is 1. The maximum absolute atomic E-state index is 10.8. The van der Waals surface area contributed by atoms with Crippen LogP contribution >= 0.6 is 11.6 Å². The van der Waals surface area contributed by atoms with E-state index in [1.54, 1.807) is 48.5 Å². The highest BCUT2D eigenvalue weighted by molar-refractivity contribution is 6.30. The average molecular weight is 263 g/mol. The maximum Gasteiger partial charge on any atom is 0.307 e. The quantitative estimate of drug-likeness (QED) is 0.913. The highest BCUT2D eigenvalue weighted by Crippen LogP contribution is 2.27. The first kappa shape index (κ1) is 12.5. The first-order valence-corrected chi connectivity index (χ1v) is 5.76. The zero-order chi connectivity index (χ0) is 13.0. The minimum absolute atomic E-state index is 0.0727. The summed E-state index contributed by atoms with van der Waals surface area (Å²) in [6.45, 7) is 0. The third kappa shape index (κ3) is 3.25. The molecule has 92 valence electrons. The molecule has 0 atom stereocenters. The molecular weight excluding hydrogens is 252 g/mol. The van der Waals surface area contributed by atoms with Crippen LogP contribution in [0.3, 0.4) is 0 Å². The van der Waals surface area contributed by atoms with Crippen LogP contribution in [0.25, 0.3) is 0 Å². The molecule has 0 bridgehead atoms. The Balaban J connectivity index is 2.26. The smallest absolute Gasteiger partial charge is 0.307 e. The molecule has 2 aromatic rings. The molecule has 0 unspecified atom stereocenters. The van der Waals surface area contributed by atoms with Crippen molar-refractivity contribution >= 4 is 17.6 Å². The van der Waals surface area contributed by atoms with Crippen molar-refractivity contribution < 1.29 is 14.6 Å². The summed E-state index contributed by atoms with van der Waals surface area (Å²) >= 11 is 5.86. The summed E-state index contributed by atoms with van der Waals surface area (Å²) in [6.07, 6.45) is -0.0727. The lowest BCUT2D eigenvalue weighted by Crippen LogP contribution is -2.01. The Morgan fingerprint density at radius 3 is 2.67 bits per heavy atom. The van der Waals surface area contributed by atoms with Gasteiger partial charge in [0.1, 0.15) is 11.5 Å². The second-order valence-corrected chi connectivity index (χ2v) is 4.17. The van der Waals surface area contributed by atoms with E-state index in [2.05, 4.69) is 0 Å². The SMILES string of the molecule is O=C(O)Cc1ccccc1Oc1cccc(Cl)c1. The Labute approximate surface area is 110 Å². The number of carbonyl (C=O) groups is 1. The summed E-state index contributed by atoms with van der Waals surface area (Å²) in [5, 5.41) is 9.40. The second-order valence-electron chi connectivity index (χ2n) is 3.74. The highest BCUT2D eigenvalue weighted by Gasteiger charge is 2.08. The zero-order valence-electron chi connectivity index (χ0n) is 9.47. The molecule has 0 heterocycles. The van der Waals surface area contributed by atoms with Crippen molar-refractivity contribution in [1.29, 1.82) is 0 Å². The van der Waals surface area contributed by atoms with Crippen molar-refractivity contribution in [3.05, 3.63) is 59.1 Å². The van der Waals surface area contributed by atoms with Gasteiger partial charge in [-0.1, -0.05) is 35.9 Å². The third-order valence-electron chi connectivity index (χ3n) is 2.34. The number of aliphatic carboxylic acids is 1. The zero-order valence-corrected chi connectivity index (χ0v) is 10.2. The number of hydrogen-bond donors (Lipinski definition) is 1. The molecule has 2 rings (SSSR count). The average Bonchev–Trinajstić information content (AvgIpc) is 2.31. The molecule has 0 aliphatic heterocycles. The van der Waals surface area contributed by atoms with Crippen LogP contribution in [-0.2, 0) is 11.2 Å². The molecular formula is C14H11ClO3. The van der Waals surface area contributed by atoms with E-state index < -0.39 is 5.97 Å². The van der Waals surface area contributed by atoms with E-state index in [1.165, 1.54) is 0 Å². The largest absolute Gasteiger partial charge is 0.481 e. The first-order chi connectivity index (χ1) is 8.65. The number of para-hydroxylation sites is 1. The summed E-state index contributed by atoms with van der Waals surface area (Å²) in [4.78, 5) is 10.8. The number of rotatable bonds is 4. The van der Waals surface area contributed by atoms with E-state index in [4.69, 9.17) is 21.4 Å². The Hall–Kier alpha value is -2.00. The molecule has 0 saturated carbocycles. The minimum Gasteiger partial charge on any atom is -0.481 e. The third-order valence-corrected chi connectivity index (χ3v) is 2.57. The van der Waals surface area contributed by atoms with Crippen molar-refractivity contribution in [2.75, 3.05) is 0 Å². The van der Waals surface area contributed by atoms with Crippen molar-refractivity contribution in [2.24, 2.45) is 0 Å².